The van der Waals surface area contributed by atoms with Crippen molar-refractivity contribution < 1.29 is 5.11 Å². The second kappa shape index (κ2) is 6.84. The fourth-order valence-electron chi connectivity index (χ4n) is 7.56. The summed E-state index contributed by atoms with van der Waals surface area (Å²) in [6, 6.07) is 0. The Balaban J connectivity index is 1.56. The third kappa shape index (κ3) is 3.05. The van der Waals surface area contributed by atoms with Crippen molar-refractivity contribution in [2.75, 3.05) is 0 Å². The van der Waals surface area contributed by atoms with E-state index in [0.29, 0.717) is 5.41 Å². The van der Waals surface area contributed by atoms with Gasteiger partial charge in [0.25, 0.3) is 0 Å². The quantitative estimate of drug-likeness (QED) is 0.377. The zero-order valence-electron chi connectivity index (χ0n) is 17.0. The highest BCUT2D eigenvalue weighted by Gasteiger charge is 2.58. The van der Waals surface area contributed by atoms with Crippen molar-refractivity contribution in [3.05, 3.63) is 11.6 Å². The van der Waals surface area contributed by atoms with E-state index in [9.17, 15) is 5.11 Å². The summed E-state index contributed by atoms with van der Waals surface area (Å²) in [5.74, 6) is 3.08. The van der Waals surface area contributed by atoms with Crippen molar-refractivity contribution in [2.24, 2.45) is 45.3 Å². The summed E-state index contributed by atoms with van der Waals surface area (Å²) in [5, 5.41) is 14.9. The Morgan fingerprint density at radius 2 is 2.00 bits per heavy atom. The molecule has 4 aliphatic rings. The van der Waals surface area contributed by atoms with Gasteiger partial charge in [-0.25, -0.2) is 0 Å². The first-order valence-electron chi connectivity index (χ1n) is 10.7. The molecule has 0 aromatic heterocycles. The third-order valence-electron chi connectivity index (χ3n) is 8.94. The van der Waals surface area contributed by atoms with Gasteiger partial charge >= 0.3 is 0 Å². The summed E-state index contributed by atoms with van der Waals surface area (Å²) in [6.45, 7) is 7.09. The molecule has 0 saturated heterocycles. The van der Waals surface area contributed by atoms with Crippen LogP contribution < -0.4 is 11.2 Å². The third-order valence-corrected chi connectivity index (χ3v) is 9.03. The van der Waals surface area contributed by atoms with Crippen LogP contribution in [0.25, 0.3) is 0 Å². The number of fused-ring (bicyclic) bond motifs is 5. The second-order valence-electron chi connectivity index (χ2n) is 10.1. The van der Waals surface area contributed by atoms with Gasteiger partial charge in [-0.3, -0.25) is 5.43 Å². The van der Waals surface area contributed by atoms with Gasteiger partial charge in [0.15, 0.2) is 5.11 Å². The SMILES string of the molecule is C/C(=N/NC(N)=S)C1=CC[C@@H]2[C@@H]3CC[C@H]4C[C@H](O)CC[C@]4(C)[C@@H]3CC[C@]12C. The van der Waals surface area contributed by atoms with Crippen molar-refractivity contribution in [3.63, 3.8) is 0 Å². The molecule has 0 unspecified atom stereocenters. The first-order chi connectivity index (χ1) is 12.8. The largest absolute Gasteiger partial charge is 0.393 e. The smallest absolute Gasteiger partial charge is 0.184 e. The van der Waals surface area contributed by atoms with Crippen LogP contribution in [0.4, 0.5) is 0 Å². The van der Waals surface area contributed by atoms with Crippen LogP contribution >= 0.6 is 12.2 Å². The van der Waals surface area contributed by atoms with Crippen LogP contribution in [-0.2, 0) is 0 Å². The van der Waals surface area contributed by atoms with E-state index in [-0.39, 0.29) is 16.6 Å². The van der Waals surface area contributed by atoms with Crippen LogP contribution in [0.3, 0.4) is 0 Å². The molecule has 150 valence electrons. The molecule has 4 rings (SSSR count). The molecule has 0 heterocycles. The van der Waals surface area contributed by atoms with Crippen molar-refractivity contribution in [2.45, 2.75) is 78.2 Å². The first-order valence-corrected chi connectivity index (χ1v) is 11.2. The highest BCUT2D eigenvalue weighted by molar-refractivity contribution is 7.80. The van der Waals surface area contributed by atoms with E-state index in [1.807, 2.05) is 0 Å². The molecular weight excluding hydrogens is 354 g/mol. The van der Waals surface area contributed by atoms with Crippen molar-refractivity contribution in [1.82, 2.24) is 5.43 Å². The minimum atomic E-state index is -0.0618. The number of hydrogen-bond acceptors (Lipinski definition) is 3. The van der Waals surface area contributed by atoms with Gasteiger partial charge in [-0.05, 0) is 111 Å². The van der Waals surface area contributed by atoms with Crippen LogP contribution in [0.15, 0.2) is 16.8 Å². The highest BCUT2D eigenvalue weighted by Crippen LogP contribution is 2.66. The lowest BCUT2D eigenvalue weighted by atomic mass is 9.44. The van der Waals surface area contributed by atoms with Gasteiger partial charge in [-0.15, -0.1) is 0 Å². The molecule has 4 aliphatic carbocycles. The molecule has 0 bridgehead atoms. The number of nitrogens with two attached hydrogens (primary N) is 1. The number of hydrogen-bond donors (Lipinski definition) is 3. The average molecular weight is 390 g/mol. The van der Waals surface area contributed by atoms with E-state index in [0.717, 1.165) is 42.2 Å². The van der Waals surface area contributed by atoms with Crippen molar-refractivity contribution in [1.29, 1.82) is 0 Å². The van der Waals surface area contributed by atoms with Gasteiger partial charge in [-0.1, -0.05) is 19.9 Å². The number of allylic oxidation sites excluding steroid dienone is 2. The summed E-state index contributed by atoms with van der Waals surface area (Å²) >= 11 is 4.90. The van der Waals surface area contributed by atoms with Gasteiger partial charge in [0.05, 0.1) is 11.8 Å². The second-order valence-corrected chi connectivity index (χ2v) is 10.5. The molecule has 5 heteroatoms. The molecule has 3 fully saturated rings. The molecule has 27 heavy (non-hydrogen) atoms. The predicted molar refractivity (Wildman–Crippen MR) is 114 cm³/mol. The molecule has 7 atom stereocenters. The minimum absolute atomic E-state index is 0.0618. The fourth-order valence-corrected chi connectivity index (χ4v) is 7.61. The lowest BCUT2D eigenvalue weighted by Crippen LogP contribution is -2.53. The summed E-state index contributed by atoms with van der Waals surface area (Å²) in [5.41, 5.74) is 11.4. The monoisotopic (exact) mass is 389 g/mol. The predicted octanol–water partition coefficient (Wildman–Crippen LogP) is 4.14. The Bertz CT molecular complexity index is 689. The molecule has 0 aromatic carbocycles. The Hall–Kier alpha value is -0.940. The Labute approximate surface area is 169 Å². The van der Waals surface area contributed by atoms with Gasteiger partial charge < -0.3 is 10.8 Å². The molecule has 0 spiro atoms. The molecular formula is C22H35N3OS. The number of rotatable bonds is 2. The molecule has 4 nitrogen and oxygen atoms in total. The van der Waals surface area contributed by atoms with Crippen LogP contribution in [0.1, 0.15) is 72.1 Å². The van der Waals surface area contributed by atoms with Crippen LogP contribution in [0, 0.1) is 34.5 Å². The molecule has 0 radical (unpaired) electrons. The zero-order valence-corrected chi connectivity index (χ0v) is 17.8. The zero-order chi connectivity index (χ0) is 19.4. The normalized spacial score (nSPS) is 46.7. The summed E-state index contributed by atoms with van der Waals surface area (Å²) in [6.07, 6.45) is 12.0. The van der Waals surface area contributed by atoms with E-state index in [4.69, 9.17) is 18.0 Å². The van der Waals surface area contributed by atoms with E-state index in [1.54, 1.807) is 0 Å². The van der Waals surface area contributed by atoms with Crippen LogP contribution in [0.2, 0.25) is 0 Å². The summed E-state index contributed by atoms with van der Waals surface area (Å²) < 4.78 is 0. The topological polar surface area (TPSA) is 70.6 Å². The van der Waals surface area contributed by atoms with Gasteiger partial charge in [-0.2, -0.15) is 5.10 Å². The molecule has 0 amide bonds. The standard InChI is InChI=1S/C22H35N3OS/c1-13(24-25-20(23)27)17-6-7-18-16-5-4-14-12-15(26)8-10-21(14,2)19(16)9-11-22(17,18)3/h6,14-16,18-19,26H,4-5,7-12H2,1-3H3,(H3,23,25,27)/b24-13-/t14-,15+,16-,18+,19+,21-,22+/m0/s1. The van der Waals surface area contributed by atoms with Crippen molar-refractivity contribution in [3.8, 4) is 0 Å². The van der Waals surface area contributed by atoms with E-state index < -0.39 is 0 Å². The molecule has 0 aromatic rings. The number of hydrazone groups is 1. The number of aliphatic hydroxyl groups excluding tert-OH is 1. The highest BCUT2D eigenvalue weighted by atomic mass is 32.1. The number of thiocarbonyl (C=S) groups is 1. The minimum Gasteiger partial charge on any atom is -0.393 e. The summed E-state index contributed by atoms with van der Waals surface area (Å²) in [7, 11) is 0. The maximum absolute atomic E-state index is 10.2. The van der Waals surface area contributed by atoms with E-state index in [2.05, 4.69) is 37.4 Å². The van der Waals surface area contributed by atoms with Gasteiger partial charge in [0.2, 0.25) is 0 Å². The Morgan fingerprint density at radius 3 is 2.74 bits per heavy atom. The number of aliphatic hydroxyl groups is 1. The Kier molecular flexibility index (Phi) is 4.91. The maximum atomic E-state index is 10.2. The average Bonchev–Trinajstić information content (AvgIpc) is 2.97. The van der Waals surface area contributed by atoms with Gasteiger partial charge in [0, 0.05) is 0 Å². The lowest BCUT2D eigenvalue weighted by molar-refractivity contribution is -0.117. The lowest BCUT2D eigenvalue weighted by Gasteiger charge is -2.60. The maximum Gasteiger partial charge on any atom is 0.184 e. The van der Waals surface area contributed by atoms with E-state index in [1.165, 1.54) is 44.1 Å². The Morgan fingerprint density at radius 1 is 1.22 bits per heavy atom. The molecule has 3 saturated carbocycles. The number of nitrogens with zero attached hydrogens (tertiary/aromatic N) is 1. The molecule has 4 N–H and O–H groups in total. The molecule has 0 aliphatic heterocycles. The fraction of sp³-hybridized carbons (Fsp3) is 0.818. The van der Waals surface area contributed by atoms with E-state index >= 15 is 0 Å². The van der Waals surface area contributed by atoms with Crippen LogP contribution in [0.5, 0.6) is 0 Å². The summed E-state index contributed by atoms with van der Waals surface area (Å²) in [4.78, 5) is 0. The number of nitrogens with one attached hydrogen (secondary N) is 1. The first kappa shape index (κ1) is 19.4. The van der Waals surface area contributed by atoms with Crippen molar-refractivity contribution >= 4 is 23.0 Å². The van der Waals surface area contributed by atoms with Gasteiger partial charge in [0.1, 0.15) is 0 Å². The van der Waals surface area contributed by atoms with Crippen LogP contribution in [-0.4, -0.2) is 22.0 Å².